The van der Waals surface area contributed by atoms with E-state index in [-0.39, 0.29) is 6.54 Å². The van der Waals surface area contributed by atoms with Crippen LogP contribution in [0.3, 0.4) is 0 Å². The van der Waals surface area contributed by atoms with E-state index < -0.39 is 17.7 Å². The van der Waals surface area contributed by atoms with Gasteiger partial charge in [-0.15, -0.1) is 0 Å². The molecular formula is C12H13F2N3O2. The van der Waals surface area contributed by atoms with Crippen molar-refractivity contribution in [1.29, 1.82) is 0 Å². The maximum absolute atomic E-state index is 13.0. The van der Waals surface area contributed by atoms with Crippen LogP contribution in [0.2, 0.25) is 0 Å². The molecule has 5 nitrogen and oxygen atoms in total. The number of aliphatic hydroxyl groups is 1. The lowest BCUT2D eigenvalue weighted by Crippen LogP contribution is -2.24. The molecule has 0 aliphatic carbocycles. The van der Waals surface area contributed by atoms with Gasteiger partial charge < -0.3 is 14.9 Å². The van der Waals surface area contributed by atoms with E-state index in [1.54, 1.807) is 0 Å². The average Bonchev–Trinajstić information content (AvgIpc) is 2.91. The topological polar surface area (TPSA) is 71.2 Å². The highest BCUT2D eigenvalue weighted by Crippen LogP contribution is 2.15. The van der Waals surface area contributed by atoms with Crippen molar-refractivity contribution >= 4 is 0 Å². The van der Waals surface area contributed by atoms with Crippen LogP contribution in [0.4, 0.5) is 8.78 Å². The van der Waals surface area contributed by atoms with Crippen LogP contribution in [0.1, 0.15) is 17.5 Å². The summed E-state index contributed by atoms with van der Waals surface area (Å²) in [6.45, 7) is 0.767. The molecule has 1 unspecified atom stereocenters. The van der Waals surface area contributed by atoms with Crippen LogP contribution in [0.15, 0.2) is 29.1 Å². The molecule has 2 N–H and O–H groups in total. The number of benzene rings is 1. The zero-order chi connectivity index (χ0) is 13.7. The first-order valence-corrected chi connectivity index (χ1v) is 5.76. The number of aliphatic hydroxyl groups excluding tert-OH is 1. The molecule has 2 aromatic rings. The maximum atomic E-state index is 13.0. The molecule has 0 aliphatic rings. The van der Waals surface area contributed by atoms with Crippen LogP contribution in [-0.2, 0) is 6.42 Å². The Morgan fingerprint density at radius 1 is 1.32 bits per heavy atom. The summed E-state index contributed by atoms with van der Waals surface area (Å²) in [4.78, 5) is 3.84. The molecule has 19 heavy (non-hydrogen) atoms. The van der Waals surface area contributed by atoms with Crippen LogP contribution in [0.5, 0.6) is 0 Å². The molecule has 1 aromatic carbocycles. The van der Waals surface area contributed by atoms with Crippen molar-refractivity contribution in [3.05, 3.63) is 47.6 Å². The first-order valence-electron chi connectivity index (χ1n) is 5.76. The van der Waals surface area contributed by atoms with Gasteiger partial charge in [0.15, 0.2) is 17.5 Å². The van der Waals surface area contributed by atoms with Gasteiger partial charge in [0.1, 0.15) is 0 Å². The molecule has 102 valence electrons. The minimum atomic E-state index is -0.969. The van der Waals surface area contributed by atoms with E-state index in [9.17, 15) is 13.9 Å². The van der Waals surface area contributed by atoms with Gasteiger partial charge in [0.05, 0.1) is 6.10 Å². The van der Waals surface area contributed by atoms with Crippen molar-refractivity contribution in [2.24, 2.45) is 0 Å². The second-order valence-corrected chi connectivity index (χ2v) is 3.99. The predicted octanol–water partition coefficient (Wildman–Crippen LogP) is 1.21. The summed E-state index contributed by atoms with van der Waals surface area (Å²) in [5.41, 5.74) is 0.325. The minimum absolute atomic E-state index is 0.225. The molecule has 2 rings (SSSR count). The summed E-state index contributed by atoms with van der Waals surface area (Å²) >= 11 is 0. The molecule has 0 saturated carbocycles. The highest BCUT2D eigenvalue weighted by atomic mass is 19.2. The van der Waals surface area contributed by atoms with Crippen molar-refractivity contribution in [2.45, 2.75) is 12.5 Å². The summed E-state index contributed by atoms with van der Waals surface area (Å²) in [7, 11) is 0. The van der Waals surface area contributed by atoms with E-state index in [0.717, 1.165) is 12.1 Å². The Labute approximate surface area is 108 Å². The summed E-state index contributed by atoms with van der Waals surface area (Å²) < 4.78 is 30.3. The fourth-order valence-corrected chi connectivity index (χ4v) is 1.58. The Morgan fingerprint density at radius 3 is 2.84 bits per heavy atom. The molecule has 0 aliphatic heterocycles. The van der Waals surface area contributed by atoms with Crippen LogP contribution in [0.25, 0.3) is 0 Å². The smallest absolute Gasteiger partial charge is 0.213 e. The van der Waals surface area contributed by atoms with Crippen LogP contribution >= 0.6 is 0 Å². The summed E-state index contributed by atoms with van der Waals surface area (Å²) in [6.07, 6.45) is 0.896. The minimum Gasteiger partial charge on any atom is -0.387 e. The molecule has 0 spiro atoms. The number of aromatic nitrogens is 2. The van der Waals surface area contributed by atoms with Crippen molar-refractivity contribution in [2.75, 3.05) is 13.1 Å². The zero-order valence-corrected chi connectivity index (χ0v) is 10.0. The Bertz CT molecular complexity index is 520. The van der Waals surface area contributed by atoms with Gasteiger partial charge in [0.2, 0.25) is 6.39 Å². The highest BCUT2D eigenvalue weighted by molar-refractivity contribution is 5.20. The number of rotatable bonds is 6. The molecule has 1 heterocycles. The number of halogens is 2. The lowest BCUT2D eigenvalue weighted by Gasteiger charge is -2.12. The second kappa shape index (κ2) is 6.35. The van der Waals surface area contributed by atoms with Gasteiger partial charge in [-0.05, 0) is 17.7 Å². The van der Waals surface area contributed by atoms with Gasteiger partial charge in [0.25, 0.3) is 0 Å². The van der Waals surface area contributed by atoms with E-state index >= 15 is 0 Å². The highest BCUT2D eigenvalue weighted by Gasteiger charge is 2.10. The van der Waals surface area contributed by atoms with E-state index in [0.29, 0.717) is 24.4 Å². The van der Waals surface area contributed by atoms with Gasteiger partial charge >= 0.3 is 0 Å². The second-order valence-electron chi connectivity index (χ2n) is 3.99. The van der Waals surface area contributed by atoms with Crippen molar-refractivity contribution in [3.8, 4) is 0 Å². The summed E-state index contributed by atoms with van der Waals surface area (Å²) in [5, 5.41) is 16.4. The largest absolute Gasteiger partial charge is 0.387 e. The van der Waals surface area contributed by atoms with Gasteiger partial charge in [-0.3, -0.25) is 0 Å². The third-order valence-corrected chi connectivity index (χ3v) is 2.60. The first-order chi connectivity index (χ1) is 9.16. The van der Waals surface area contributed by atoms with Crippen LogP contribution in [-0.4, -0.2) is 28.3 Å². The molecule has 0 fully saturated rings. The molecule has 0 saturated heterocycles. The molecule has 0 amide bonds. The Kier molecular flexibility index (Phi) is 4.53. The first kappa shape index (κ1) is 13.6. The molecule has 7 heteroatoms. The Hall–Kier alpha value is -1.86. The lowest BCUT2D eigenvalue weighted by molar-refractivity contribution is 0.174. The molecule has 0 radical (unpaired) electrons. The van der Waals surface area contributed by atoms with E-state index in [2.05, 4.69) is 20.0 Å². The SMILES string of the molecule is OC(CNCCc1ncon1)c1ccc(F)c(F)c1. The molecule has 1 aromatic heterocycles. The van der Waals surface area contributed by atoms with Crippen LogP contribution in [0, 0.1) is 11.6 Å². The van der Waals surface area contributed by atoms with Gasteiger partial charge in [-0.1, -0.05) is 11.2 Å². The van der Waals surface area contributed by atoms with Gasteiger partial charge in [0, 0.05) is 19.5 Å². The molecule has 0 bridgehead atoms. The standard InChI is InChI=1S/C12H13F2N3O2/c13-9-2-1-8(5-10(9)14)11(18)6-15-4-3-12-16-7-19-17-12/h1-2,5,7,11,15,18H,3-4,6H2. The Morgan fingerprint density at radius 2 is 2.16 bits per heavy atom. The lowest BCUT2D eigenvalue weighted by atomic mass is 10.1. The normalized spacial score (nSPS) is 12.6. The van der Waals surface area contributed by atoms with Crippen LogP contribution < -0.4 is 5.32 Å². The Balaban J connectivity index is 1.77. The maximum Gasteiger partial charge on any atom is 0.213 e. The van der Waals surface area contributed by atoms with E-state index in [1.807, 2.05) is 0 Å². The quantitative estimate of drug-likeness (QED) is 0.771. The van der Waals surface area contributed by atoms with Crippen molar-refractivity contribution in [1.82, 2.24) is 15.5 Å². The number of hydrogen-bond acceptors (Lipinski definition) is 5. The monoisotopic (exact) mass is 269 g/mol. The van der Waals surface area contributed by atoms with Gasteiger partial charge in [-0.2, -0.15) is 4.98 Å². The number of nitrogens with zero attached hydrogens (tertiary/aromatic N) is 2. The third kappa shape index (κ3) is 3.80. The third-order valence-electron chi connectivity index (χ3n) is 2.60. The molecular weight excluding hydrogens is 256 g/mol. The molecule has 1 atom stereocenters. The number of hydrogen-bond donors (Lipinski definition) is 2. The fraction of sp³-hybridized carbons (Fsp3) is 0.333. The van der Waals surface area contributed by atoms with E-state index in [1.165, 1.54) is 12.5 Å². The average molecular weight is 269 g/mol. The van der Waals surface area contributed by atoms with Gasteiger partial charge in [-0.25, -0.2) is 8.78 Å². The summed E-state index contributed by atoms with van der Waals surface area (Å²) in [5.74, 6) is -1.33. The zero-order valence-electron chi connectivity index (χ0n) is 10.0. The summed E-state index contributed by atoms with van der Waals surface area (Å²) in [6, 6.07) is 3.33. The number of nitrogens with one attached hydrogen (secondary N) is 1. The van der Waals surface area contributed by atoms with Crippen molar-refractivity contribution in [3.63, 3.8) is 0 Å². The fourth-order valence-electron chi connectivity index (χ4n) is 1.58. The van der Waals surface area contributed by atoms with Crippen molar-refractivity contribution < 1.29 is 18.4 Å². The van der Waals surface area contributed by atoms with E-state index in [4.69, 9.17) is 0 Å². The predicted molar refractivity (Wildman–Crippen MR) is 62.2 cm³/mol.